The third-order valence-electron chi connectivity index (χ3n) is 10.9. The van der Waals surface area contributed by atoms with E-state index in [1.54, 1.807) is 0 Å². The predicted molar refractivity (Wildman–Crippen MR) is 229 cm³/mol. The van der Waals surface area contributed by atoms with Crippen LogP contribution in [0.2, 0.25) is 0 Å². The first-order valence-corrected chi connectivity index (χ1v) is 18.7. The molecule has 0 spiro atoms. The molecule has 0 aliphatic carbocycles. The summed E-state index contributed by atoms with van der Waals surface area (Å²) in [6.45, 7) is 0. The Morgan fingerprint density at radius 3 is 1.82 bits per heavy atom. The summed E-state index contributed by atoms with van der Waals surface area (Å²) < 4.78 is 6.23. The van der Waals surface area contributed by atoms with Crippen LogP contribution in [0.1, 0.15) is 22.9 Å². The monoisotopic (exact) mass is 703 g/mol. The van der Waals surface area contributed by atoms with E-state index in [1.165, 1.54) is 27.1 Å². The molecule has 0 bridgehead atoms. The minimum atomic E-state index is -0.318. The number of nitrogens with zero attached hydrogens (tertiary/aromatic N) is 2. The van der Waals surface area contributed by atoms with Gasteiger partial charge in [0.1, 0.15) is 23.2 Å². The third kappa shape index (κ3) is 5.55. The molecule has 0 radical (unpaired) electrons. The van der Waals surface area contributed by atoms with E-state index >= 15 is 0 Å². The molecule has 2 heterocycles. The Morgan fingerprint density at radius 2 is 1.00 bits per heavy atom. The number of hydrogen-bond acceptors (Lipinski definition) is 4. The number of hydrogen-bond donors (Lipinski definition) is 1. The Hall–Kier alpha value is -7.30. The van der Waals surface area contributed by atoms with Crippen molar-refractivity contribution in [1.82, 2.24) is 5.32 Å². The zero-order valence-corrected chi connectivity index (χ0v) is 29.8. The maximum Gasteiger partial charge on any atom is 0.159 e. The first-order valence-electron chi connectivity index (χ1n) is 18.7. The minimum Gasteiger partial charge on any atom is -0.456 e. The molecule has 0 fully saturated rings. The van der Waals surface area contributed by atoms with Gasteiger partial charge in [0.05, 0.1) is 0 Å². The SMILES string of the molecule is c1ccc2cc(-c3ccc(C4=NC(c5ccc6ccc(-c7cccc8oc9ccccc9c78)cc6c5)=NC(c5ccc6ccccc6c5)N4)cc3)ccc2c1. The number of para-hydroxylation sites is 1. The zero-order chi connectivity index (χ0) is 36.3. The average Bonchev–Trinajstić information content (AvgIpc) is 3.65. The second-order valence-electron chi connectivity index (χ2n) is 14.3. The Bertz CT molecular complexity index is 3190. The number of nitrogens with one attached hydrogen (secondary N) is 1. The first kappa shape index (κ1) is 31.2. The largest absolute Gasteiger partial charge is 0.456 e. The number of benzene rings is 9. The predicted octanol–water partition coefficient (Wildman–Crippen LogP) is 12.9. The minimum absolute atomic E-state index is 0.318. The molecule has 0 saturated heterocycles. The van der Waals surface area contributed by atoms with Crippen molar-refractivity contribution in [3.63, 3.8) is 0 Å². The molecule has 1 unspecified atom stereocenters. The molecule has 10 aromatic rings. The van der Waals surface area contributed by atoms with Crippen molar-refractivity contribution in [1.29, 1.82) is 0 Å². The highest BCUT2D eigenvalue weighted by atomic mass is 16.3. The van der Waals surface area contributed by atoms with Gasteiger partial charge in [-0.3, -0.25) is 0 Å². The van der Waals surface area contributed by atoms with Crippen molar-refractivity contribution in [2.75, 3.05) is 0 Å². The lowest BCUT2D eigenvalue weighted by atomic mass is 9.96. The lowest BCUT2D eigenvalue weighted by molar-refractivity contribution is 0.669. The molecule has 9 aromatic carbocycles. The van der Waals surface area contributed by atoms with Gasteiger partial charge < -0.3 is 9.73 Å². The highest BCUT2D eigenvalue weighted by molar-refractivity contribution is 6.15. The van der Waals surface area contributed by atoms with Crippen LogP contribution in [0.3, 0.4) is 0 Å². The molecule has 258 valence electrons. The molecule has 4 nitrogen and oxygen atoms in total. The summed E-state index contributed by atoms with van der Waals surface area (Å²) in [4.78, 5) is 10.5. The summed E-state index contributed by atoms with van der Waals surface area (Å²) in [6.07, 6.45) is -0.318. The van der Waals surface area contributed by atoms with Crippen LogP contribution in [0.4, 0.5) is 0 Å². The number of amidine groups is 2. The van der Waals surface area contributed by atoms with Crippen LogP contribution in [0, 0.1) is 0 Å². The van der Waals surface area contributed by atoms with Crippen molar-refractivity contribution >= 4 is 65.9 Å². The van der Waals surface area contributed by atoms with E-state index in [0.29, 0.717) is 5.84 Å². The first-order chi connectivity index (χ1) is 27.2. The molecule has 1 aliphatic heterocycles. The maximum atomic E-state index is 6.23. The molecular weight excluding hydrogens is 671 g/mol. The molecular formula is C51H33N3O. The van der Waals surface area contributed by atoms with E-state index in [-0.39, 0.29) is 6.17 Å². The molecule has 0 saturated carbocycles. The van der Waals surface area contributed by atoms with Gasteiger partial charge in [-0.25, -0.2) is 9.98 Å². The van der Waals surface area contributed by atoms with Gasteiger partial charge in [-0.2, -0.15) is 0 Å². The van der Waals surface area contributed by atoms with Gasteiger partial charge in [0.15, 0.2) is 5.84 Å². The molecule has 1 aromatic heterocycles. The topological polar surface area (TPSA) is 49.9 Å². The fourth-order valence-corrected chi connectivity index (χ4v) is 8.03. The van der Waals surface area contributed by atoms with Gasteiger partial charge in [0.2, 0.25) is 0 Å². The second kappa shape index (κ2) is 12.7. The van der Waals surface area contributed by atoms with E-state index in [9.17, 15) is 0 Å². The van der Waals surface area contributed by atoms with Gasteiger partial charge in [-0.15, -0.1) is 0 Å². The van der Waals surface area contributed by atoms with Crippen molar-refractivity contribution < 1.29 is 4.42 Å². The lowest BCUT2D eigenvalue weighted by Crippen LogP contribution is -2.33. The highest BCUT2D eigenvalue weighted by Gasteiger charge is 2.22. The van der Waals surface area contributed by atoms with Crippen LogP contribution in [0.15, 0.2) is 202 Å². The van der Waals surface area contributed by atoms with Gasteiger partial charge in [-0.05, 0) is 96.5 Å². The van der Waals surface area contributed by atoms with Crippen LogP contribution in [0.5, 0.6) is 0 Å². The van der Waals surface area contributed by atoms with Gasteiger partial charge >= 0.3 is 0 Å². The number of aliphatic imine (C=N–C) groups is 2. The third-order valence-corrected chi connectivity index (χ3v) is 10.9. The lowest BCUT2D eigenvalue weighted by Gasteiger charge is -2.24. The van der Waals surface area contributed by atoms with Crippen molar-refractivity contribution in [3.8, 4) is 22.3 Å². The number of fused-ring (bicyclic) bond motifs is 6. The normalized spacial score (nSPS) is 14.4. The van der Waals surface area contributed by atoms with Crippen LogP contribution in [-0.4, -0.2) is 11.7 Å². The highest BCUT2D eigenvalue weighted by Crippen LogP contribution is 2.38. The summed E-state index contributed by atoms with van der Waals surface area (Å²) in [5.74, 6) is 1.49. The van der Waals surface area contributed by atoms with E-state index in [0.717, 1.165) is 71.9 Å². The summed E-state index contributed by atoms with van der Waals surface area (Å²) >= 11 is 0. The van der Waals surface area contributed by atoms with E-state index in [2.05, 4.69) is 175 Å². The molecule has 55 heavy (non-hydrogen) atoms. The van der Waals surface area contributed by atoms with Crippen molar-refractivity contribution in [2.24, 2.45) is 9.98 Å². The molecule has 0 amide bonds. The van der Waals surface area contributed by atoms with Crippen molar-refractivity contribution in [3.05, 3.63) is 205 Å². The number of rotatable bonds is 5. The van der Waals surface area contributed by atoms with Crippen LogP contribution >= 0.6 is 0 Å². The second-order valence-corrected chi connectivity index (χ2v) is 14.3. The van der Waals surface area contributed by atoms with Crippen LogP contribution in [0.25, 0.3) is 76.5 Å². The summed E-state index contributed by atoms with van der Waals surface area (Å²) in [5.41, 5.74) is 9.48. The van der Waals surface area contributed by atoms with Gasteiger partial charge in [0.25, 0.3) is 0 Å². The molecule has 1 atom stereocenters. The van der Waals surface area contributed by atoms with Crippen LogP contribution < -0.4 is 5.32 Å². The fourth-order valence-electron chi connectivity index (χ4n) is 8.03. The smallest absolute Gasteiger partial charge is 0.159 e. The Labute approximate surface area is 317 Å². The Morgan fingerprint density at radius 1 is 0.418 bits per heavy atom. The standard InChI is InChI=1S/C51H33N3O/c1-3-10-37-28-39(24-18-32(37)8-1)34-16-22-36(23-17-34)49-52-50(41-26-20-33-9-2-4-11-38(33)29-41)54-51(53-49)42-27-21-35-19-25-40(30-43(35)31-42)44-13-7-15-47-48(44)45-12-5-6-14-46(45)55-47/h1-31,50H,(H,52,53,54). The van der Waals surface area contributed by atoms with E-state index < -0.39 is 0 Å². The summed E-state index contributed by atoms with van der Waals surface area (Å²) in [7, 11) is 0. The summed E-state index contributed by atoms with van der Waals surface area (Å²) in [5, 5.41) is 13.1. The summed E-state index contributed by atoms with van der Waals surface area (Å²) in [6, 6.07) is 66.6. The molecule has 1 aliphatic rings. The van der Waals surface area contributed by atoms with Crippen molar-refractivity contribution in [2.45, 2.75) is 6.17 Å². The number of furan rings is 1. The van der Waals surface area contributed by atoms with Gasteiger partial charge in [0, 0.05) is 21.9 Å². The Kier molecular flexibility index (Phi) is 7.20. The fraction of sp³-hybridized carbons (Fsp3) is 0.0196. The zero-order valence-electron chi connectivity index (χ0n) is 29.8. The quantitative estimate of drug-likeness (QED) is 0.194. The maximum absolute atomic E-state index is 6.23. The molecule has 4 heteroatoms. The van der Waals surface area contributed by atoms with Gasteiger partial charge in [-0.1, -0.05) is 152 Å². The van der Waals surface area contributed by atoms with Crippen LogP contribution in [-0.2, 0) is 0 Å². The molecule has 11 rings (SSSR count). The Balaban J connectivity index is 1.00. The molecule has 1 N–H and O–H groups in total. The van der Waals surface area contributed by atoms with E-state index in [1.807, 2.05) is 18.2 Å². The van der Waals surface area contributed by atoms with E-state index in [4.69, 9.17) is 14.4 Å². The average molecular weight is 704 g/mol.